The summed E-state index contributed by atoms with van der Waals surface area (Å²) in [4.78, 5) is 12.1. The largest absolute Gasteiger partial charge is 0.478 e. The molecule has 4 nitrogen and oxygen atoms in total. The lowest BCUT2D eigenvalue weighted by Gasteiger charge is -2.10. The van der Waals surface area contributed by atoms with Crippen LogP contribution in [-0.4, -0.2) is 46.8 Å². The molecule has 1 atom stereocenters. The third kappa shape index (κ3) is 3.02. The van der Waals surface area contributed by atoms with Gasteiger partial charge in [0.15, 0.2) is 0 Å². The fraction of sp³-hybridized carbons (Fsp3) is 0.625. The molecule has 0 spiro atoms. The van der Waals surface area contributed by atoms with Crippen molar-refractivity contribution in [3.63, 3.8) is 0 Å². The Kier molecular flexibility index (Phi) is 3.25. The fourth-order valence-corrected chi connectivity index (χ4v) is 1.28. The third-order valence-corrected chi connectivity index (χ3v) is 1.87. The number of aliphatic hydroxyl groups excluding tert-OH is 1. The number of rotatable bonds is 3. The van der Waals surface area contributed by atoms with Gasteiger partial charge >= 0.3 is 5.97 Å². The maximum atomic E-state index is 10.1. The lowest BCUT2D eigenvalue weighted by atomic mass is 10.3. The summed E-state index contributed by atoms with van der Waals surface area (Å²) in [6, 6.07) is 0. The van der Waals surface area contributed by atoms with Crippen LogP contribution in [0.3, 0.4) is 0 Å². The molecule has 0 saturated carbocycles. The van der Waals surface area contributed by atoms with Crippen molar-refractivity contribution < 1.29 is 15.0 Å². The van der Waals surface area contributed by atoms with E-state index in [0.717, 1.165) is 19.0 Å². The van der Waals surface area contributed by atoms with Gasteiger partial charge in [0.05, 0.1) is 6.10 Å². The van der Waals surface area contributed by atoms with Gasteiger partial charge in [-0.15, -0.1) is 0 Å². The van der Waals surface area contributed by atoms with Crippen molar-refractivity contribution in [2.24, 2.45) is 0 Å². The maximum Gasteiger partial charge on any atom is 0.328 e. The lowest BCUT2D eigenvalue weighted by Crippen LogP contribution is -2.22. The van der Waals surface area contributed by atoms with E-state index in [2.05, 4.69) is 0 Å². The Morgan fingerprint density at radius 1 is 1.67 bits per heavy atom. The number of carbonyl (C=O) groups is 1. The summed E-state index contributed by atoms with van der Waals surface area (Å²) in [6.45, 7) is 2.12. The maximum absolute atomic E-state index is 10.1. The molecule has 1 fully saturated rings. The Morgan fingerprint density at radius 3 is 2.92 bits per heavy atom. The molecule has 0 aromatic rings. The van der Waals surface area contributed by atoms with E-state index >= 15 is 0 Å². The third-order valence-electron chi connectivity index (χ3n) is 1.87. The average Bonchev–Trinajstić information content (AvgIpc) is 2.35. The molecule has 1 unspecified atom stereocenters. The molecule has 0 aromatic carbocycles. The first kappa shape index (κ1) is 9.22. The number of nitrogens with zero attached hydrogens (tertiary/aromatic N) is 1. The average molecular weight is 171 g/mol. The van der Waals surface area contributed by atoms with Crippen LogP contribution in [-0.2, 0) is 4.79 Å². The molecule has 0 aliphatic carbocycles. The second-order valence-electron chi connectivity index (χ2n) is 2.94. The first-order valence-electron chi connectivity index (χ1n) is 3.98. The molecule has 0 aromatic heterocycles. The highest BCUT2D eigenvalue weighted by atomic mass is 16.4. The van der Waals surface area contributed by atoms with Crippen molar-refractivity contribution >= 4 is 5.97 Å². The van der Waals surface area contributed by atoms with Crippen molar-refractivity contribution in [3.8, 4) is 0 Å². The molecule has 1 saturated heterocycles. The fourth-order valence-electron chi connectivity index (χ4n) is 1.28. The van der Waals surface area contributed by atoms with Gasteiger partial charge in [-0.05, 0) is 6.42 Å². The molecule has 1 aliphatic rings. The Bertz CT molecular complexity index is 191. The molecule has 0 amide bonds. The smallest absolute Gasteiger partial charge is 0.328 e. The number of likely N-dealkylation sites (tertiary alicyclic amines) is 1. The number of hydrogen-bond acceptors (Lipinski definition) is 3. The van der Waals surface area contributed by atoms with Crippen LogP contribution in [0.5, 0.6) is 0 Å². The molecule has 0 radical (unpaired) electrons. The molecule has 4 heteroatoms. The summed E-state index contributed by atoms with van der Waals surface area (Å²) in [6.07, 6.45) is 3.29. The van der Waals surface area contributed by atoms with Crippen LogP contribution < -0.4 is 0 Å². The van der Waals surface area contributed by atoms with Crippen LogP contribution in [0, 0.1) is 0 Å². The van der Waals surface area contributed by atoms with Gasteiger partial charge in [0.2, 0.25) is 0 Å². The van der Waals surface area contributed by atoms with E-state index in [1.165, 1.54) is 0 Å². The van der Waals surface area contributed by atoms with E-state index < -0.39 is 5.97 Å². The van der Waals surface area contributed by atoms with E-state index in [0.29, 0.717) is 13.1 Å². The van der Waals surface area contributed by atoms with Crippen LogP contribution in [0.2, 0.25) is 0 Å². The van der Waals surface area contributed by atoms with Crippen molar-refractivity contribution in [2.45, 2.75) is 12.5 Å². The molecule has 0 bridgehead atoms. The van der Waals surface area contributed by atoms with Gasteiger partial charge in [-0.1, -0.05) is 6.08 Å². The van der Waals surface area contributed by atoms with Gasteiger partial charge < -0.3 is 10.2 Å². The Labute approximate surface area is 71.1 Å². The number of carboxylic acid groups (broad SMARTS) is 1. The summed E-state index contributed by atoms with van der Waals surface area (Å²) in [5, 5.41) is 17.4. The Balaban J connectivity index is 2.20. The van der Waals surface area contributed by atoms with Crippen LogP contribution in [0.1, 0.15) is 6.42 Å². The minimum Gasteiger partial charge on any atom is -0.478 e. The van der Waals surface area contributed by atoms with Gasteiger partial charge in [-0.2, -0.15) is 0 Å². The SMILES string of the molecule is O=C(O)/C=C/CN1CCC(O)C1. The minimum atomic E-state index is -0.922. The van der Waals surface area contributed by atoms with E-state index in [1.807, 2.05) is 4.90 Å². The van der Waals surface area contributed by atoms with Crippen molar-refractivity contribution in [3.05, 3.63) is 12.2 Å². The minimum absolute atomic E-state index is 0.233. The molecule has 2 N–H and O–H groups in total. The summed E-state index contributed by atoms with van der Waals surface area (Å²) in [5.74, 6) is -0.922. The number of hydrogen-bond donors (Lipinski definition) is 2. The number of aliphatic carboxylic acids is 1. The Morgan fingerprint density at radius 2 is 2.42 bits per heavy atom. The van der Waals surface area contributed by atoms with Crippen molar-refractivity contribution in [1.29, 1.82) is 0 Å². The predicted molar refractivity (Wildman–Crippen MR) is 43.8 cm³/mol. The molecular weight excluding hydrogens is 158 g/mol. The summed E-state index contributed by atoms with van der Waals surface area (Å²) < 4.78 is 0. The van der Waals surface area contributed by atoms with Crippen LogP contribution >= 0.6 is 0 Å². The molecule has 1 rings (SSSR count). The zero-order valence-corrected chi connectivity index (χ0v) is 6.81. The quantitative estimate of drug-likeness (QED) is 0.572. The standard InChI is InChI=1S/C8H13NO3/c10-7-3-5-9(6-7)4-1-2-8(11)12/h1-2,7,10H,3-6H2,(H,11,12)/b2-1+. The Hall–Kier alpha value is -0.870. The first-order valence-corrected chi connectivity index (χ1v) is 3.98. The topological polar surface area (TPSA) is 60.8 Å². The van der Waals surface area contributed by atoms with Gasteiger partial charge in [0.1, 0.15) is 0 Å². The van der Waals surface area contributed by atoms with Crippen molar-refractivity contribution in [1.82, 2.24) is 4.90 Å². The van der Waals surface area contributed by atoms with Gasteiger partial charge in [0.25, 0.3) is 0 Å². The normalized spacial score (nSPS) is 25.2. The van der Waals surface area contributed by atoms with Gasteiger partial charge in [-0.3, -0.25) is 4.90 Å². The van der Waals surface area contributed by atoms with E-state index in [1.54, 1.807) is 6.08 Å². The second kappa shape index (κ2) is 4.23. The monoisotopic (exact) mass is 171 g/mol. The molecule has 68 valence electrons. The molecule has 1 heterocycles. The molecule has 1 aliphatic heterocycles. The van der Waals surface area contributed by atoms with E-state index in [-0.39, 0.29) is 6.10 Å². The zero-order chi connectivity index (χ0) is 8.97. The van der Waals surface area contributed by atoms with E-state index in [4.69, 9.17) is 10.2 Å². The van der Waals surface area contributed by atoms with E-state index in [9.17, 15) is 4.79 Å². The highest BCUT2D eigenvalue weighted by Gasteiger charge is 2.18. The predicted octanol–water partition coefficient (Wildman–Crippen LogP) is -0.306. The van der Waals surface area contributed by atoms with Crippen LogP contribution in [0.15, 0.2) is 12.2 Å². The first-order chi connectivity index (χ1) is 5.68. The zero-order valence-electron chi connectivity index (χ0n) is 6.81. The molecule has 12 heavy (non-hydrogen) atoms. The summed E-state index contributed by atoms with van der Waals surface area (Å²) in [5.41, 5.74) is 0. The highest BCUT2D eigenvalue weighted by Crippen LogP contribution is 2.07. The van der Waals surface area contributed by atoms with Crippen LogP contribution in [0.25, 0.3) is 0 Å². The summed E-state index contributed by atoms with van der Waals surface area (Å²) in [7, 11) is 0. The van der Waals surface area contributed by atoms with Gasteiger partial charge in [-0.25, -0.2) is 4.79 Å². The van der Waals surface area contributed by atoms with Crippen LogP contribution in [0.4, 0.5) is 0 Å². The lowest BCUT2D eigenvalue weighted by molar-refractivity contribution is -0.131. The second-order valence-corrected chi connectivity index (χ2v) is 2.94. The molecular formula is C8H13NO3. The number of aliphatic hydroxyl groups is 1. The number of carboxylic acids is 1. The number of β-amino-alcohol motifs (C(OH)–C–C–N with tert-alkyl or cyclic N) is 1. The summed E-state index contributed by atoms with van der Waals surface area (Å²) >= 11 is 0. The highest BCUT2D eigenvalue weighted by molar-refractivity contribution is 5.79. The van der Waals surface area contributed by atoms with Gasteiger partial charge in [0, 0.05) is 25.7 Å². The van der Waals surface area contributed by atoms with Crippen molar-refractivity contribution in [2.75, 3.05) is 19.6 Å².